The molecule has 1 aromatic heterocycles. The number of nitrogens with one attached hydrogen (secondary N) is 1. The number of nitrogens with zero attached hydrogens (tertiary/aromatic N) is 2. The lowest BCUT2D eigenvalue weighted by atomic mass is 10.2. The highest BCUT2D eigenvalue weighted by atomic mass is 16.6. The summed E-state index contributed by atoms with van der Waals surface area (Å²) in [5, 5.41) is 13.5. The van der Waals surface area contributed by atoms with Crippen molar-refractivity contribution in [3.63, 3.8) is 0 Å². The van der Waals surface area contributed by atoms with E-state index in [4.69, 9.17) is 0 Å². The minimum atomic E-state index is -0.436. The molecule has 2 aromatic rings. The third-order valence-corrected chi connectivity index (χ3v) is 3.33. The van der Waals surface area contributed by atoms with Crippen LogP contribution < -0.4 is 9.88 Å². The molecule has 6 heteroatoms. The Bertz CT molecular complexity index is 696. The van der Waals surface area contributed by atoms with Crippen LogP contribution in [0.3, 0.4) is 0 Å². The largest absolute Gasteiger partial charge is 0.326 e. The molecule has 114 valence electrons. The van der Waals surface area contributed by atoms with Gasteiger partial charge >= 0.3 is 0 Å². The second-order valence-electron chi connectivity index (χ2n) is 5.17. The Morgan fingerprint density at radius 3 is 2.50 bits per heavy atom. The highest BCUT2D eigenvalue weighted by molar-refractivity contribution is 5.90. The standard InChI is InChI=1S/C16H17N3O3/c1-12-5-8-18(9-6-12)10-7-16(20)17-14-3-4-15(19(21)22)13(2)11-14/h3-6,8-9,11H,7,10H2,1-2H3/p+1. The Morgan fingerprint density at radius 1 is 1.23 bits per heavy atom. The van der Waals surface area contributed by atoms with Crippen molar-refractivity contribution in [3.05, 3.63) is 64.0 Å². The van der Waals surface area contributed by atoms with Gasteiger partial charge in [-0.05, 0) is 31.5 Å². The van der Waals surface area contributed by atoms with E-state index in [-0.39, 0.29) is 11.6 Å². The molecule has 0 aliphatic heterocycles. The number of carbonyl (C=O) groups is 1. The van der Waals surface area contributed by atoms with E-state index in [1.807, 2.05) is 36.0 Å². The number of rotatable bonds is 5. The fourth-order valence-electron chi connectivity index (χ4n) is 2.07. The third-order valence-electron chi connectivity index (χ3n) is 3.33. The summed E-state index contributed by atoms with van der Waals surface area (Å²) in [6.45, 7) is 4.24. The first-order valence-corrected chi connectivity index (χ1v) is 6.96. The zero-order valence-corrected chi connectivity index (χ0v) is 12.6. The second kappa shape index (κ2) is 6.80. The zero-order chi connectivity index (χ0) is 16.1. The van der Waals surface area contributed by atoms with Crippen molar-refractivity contribution in [3.8, 4) is 0 Å². The van der Waals surface area contributed by atoms with E-state index < -0.39 is 4.92 Å². The molecular weight excluding hydrogens is 282 g/mol. The number of carbonyl (C=O) groups excluding carboxylic acids is 1. The number of hydrogen-bond acceptors (Lipinski definition) is 3. The first-order valence-electron chi connectivity index (χ1n) is 6.96. The number of anilines is 1. The Labute approximate surface area is 128 Å². The molecule has 0 aliphatic carbocycles. The Hall–Kier alpha value is -2.76. The van der Waals surface area contributed by atoms with Gasteiger partial charge < -0.3 is 5.32 Å². The van der Waals surface area contributed by atoms with E-state index >= 15 is 0 Å². The van der Waals surface area contributed by atoms with Crippen LogP contribution >= 0.6 is 0 Å². The van der Waals surface area contributed by atoms with Crippen LogP contribution in [-0.4, -0.2) is 10.8 Å². The molecule has 0 unspecified atom stereocenters. The summed E-state index contributed by atoms with van der Waals surface area (Å²) in [4.78, 5) is 22.2. The average Bonchev–Trinajstić information content (AvgIpc) is 2.46. The summed E-state index contributed by atoms with van der Waals surface area (Å²) < 4.78 is 1.94. The van der Waals surface area contributed by atoms with E-state index in [0.717, 1.165) is 0 Å². The maximum absolute atomic E-state index is 11.9. The molecule has 0 aliphatic rings. The summed E-state index contributed by atoms with van der Waals surface area (Å²) in [7, 11) is 0. The van der Waals surface area contributed by atoms with Gasteiger partial charge in [0.25, 0.3) is 5.69 Å². The molecule has 0 spiro atoms. The molecule has 6 nitrogen and oxygen atoms in total. The molecule has 1 N–H and O–H groups in total. The van der Waals surface area contributed by atoms with Crippen molar-refractivity contribution in [2.75, 3.05) is 5.32 Å². The van der Waals surface area contributed by atoms with Crippen molar-refractivity contribution in [1.82, 2.24) is 0 Å². The lowest BCUT2D eigenvalue weighted by Crippen LogP contribution is -2.34. The van der Waals surface area contributed by atoms with Crippen LogP contribution in [0.25, 0.3) is 0 Å². The van der Waals surface area contributed by atoms with Crippen molar-refractivity contribution >= 4 is 17.3 Å². The number of aromatic nitrogens is 1. The lowest BCUT2D eigenvalue weighted by Gasteiger charge is -2.05. The predicted octanol–water partition coefficient (Wildman–Crippen LogP) is 2.53. The highest BCUT2D eigenvalue weighted by Gasteiger charge is 2.12. The van der Waals surface area contributed by atoms with Gasteiger partial charge in [0.1, 0.15) is 0 Å². The zero-order valence-electron chi connectivity index (χ0n) is 12.6. The van der Waals surface area contributed by atoms with E-state index in [1.165, 1.54) is 11.6 Å². The van der Waals surface area contributed by atoms with Gasteiger partial charge in [0.15, 0.2) is 18.9 Å². The molecule has 2 rings (SSSR count). The maximum atomic E-state index is 11.9. The van der Waals surface area contributed by atoms with Gasteiger partial charge in [-0.1, -0.05) is 0 Å². The first kappa shape index (κ1) is 15.6. The average molecular weight is 300 g/mol. The van der Waals surface area contributed by atoms with Crippen LogP contribution in [0, 0.1) is 24.0 Å². The second-order valence-corrected chi connectivity index (χ2v) is 5.17. The summed E-state index contributed by atoms with van der Waals surface area (Å²) in [6, 6.07) is 8.52. The normalized spacial score (nSPS) is 10.3. The summed E-state index contributed by atoms with van der Waals surface area (Å²) in [5.74, 6) is -0.124. The molecule has 1 aromatic carbocycles. The molecular formula is C16H18N3O3+. The van der Waals surface area contributed by atoms with Crippen molar-refractivity contribution in [1.29, 1.82) is 0 Å². The molecule has 1 heterocycles. The third kappa shape index (κ3) is 4.12. The number of benzene rings is 1. The maximum Gasteiger partial charge on any atom is 0.272 e. The fourth-order valence-corrected chi connectivity index (χ4v) is 2.07. The summed E-state index contributed by atoms with van der Waals surface area (Å²) >= 11 is 0. The molecule has 0 radical (unpaired) electrons. The van der Waals surface area contributed by atoms with Crippen LogP contribution in [0.1, 0.15) is 17.5 Å². The Balaban J connectivity index is 1.93. The highest BCUT2D eigenvalue weighted by Crippen LogP contribution is 2.21. The molecule has 22 heavy (non-hydrogen) atoms. The summed E-state index contributed by atoms with van der Waals surface area (Å²) in [6.07, 6.45) is 4.20. The van der Waals surface area contributed by atoms with Crippen LogP contribution in [0.15, 0.2) is 42.7 Å². The van der Waals surface area contributed by atoms with Crippen LogP contribution in [-0.2, 0) is 11.3 Å². The van der Waals surface area contributed by atoms with Gasteiger partial charge in [0, 0.05) is 29.4 Å². The van der Waals surface area contributed by atoms with E-state index in [9.17, 15) is 14.9 Å². The number of nitro groups is 1. The topological polar surface area (TPSA) is 76.1 Å². The van der Waals surface area contributed by atoms with Gasteiger partial charge in [-0.25, -0.2) is 4.57 Å². The molecule has 0 saturated carbocycles. The van der Waals surface area contributed by atoms with Gasteiger partial charge in [0.2, 0.25) is 5.91 Å². The number of amides is 1. The predicted molar refractivity (Wildman–Crippen MR) is 82.5 cm³/mol. The molecule has 0 atom stereocenters. The molecule has 0 bridgehead atoms. The lowest BCUT2D eigenvalue weighted by molar-refractivity contribution is -0.695. The minimum absolute atomic E-state index is 0.0493. The molecule has 0 saturated heterocycles. The van der Waals surface area contributed by atoms with Crippen LogP contribution in [0.5, 0.6) is 0 Å². The fraction of sp³-hybridized carbons (Fsp3) is 0.250. The summed E-state index contributed by atoms with van der Waals surface area (Å²) in [5.41, 5.74) is 2.31. The number of nitro benzene ring substituents is 1. The molecule has 0 fully saturated rings. The van der Waals surface area contributed by atoms with Crippen LogP contribution in [0.4, 0.5) is 11.4 Å². The van der Waals surface area contributed by atoms with E-state index in [1.54, 1.807) is 19.1 Å². The monoisotopic (exact) mass is 300 g/mol. The van der Waals surface area contributed by atoms with Crippen molar-refractivity contribution in [2.45, 2.75) is 26.8 Å². The van der Waals surface area contributed by atoms with Gasteiger partial charge in [0.05, 0.1) is 11.3 Å². The number of pyridine rings is 1. The van der Waals surface area contributed by atoms with Crippen molar-refractivity contribution < 1.29 is 14.3 Å². The van der Waals surface area contributed by atoms with Crippen molar-refractivity contribution in [2.24, 2.45) is 0 Å². The number of aryl methyl sites for hydroxylation is 3. The van der Waals surface area contributed by atoms with Crippen LogP contribution in [0.2, 0.25) is 0 Å². The quantitative estimate of drug-likeness (QED) is 0.523. The van der Waals surface area contributed by atoms with Gasteiger partial charge in [-0.15, -0.1) is 0 Å². The molecule has 1 amide bonds. The van der Waals surface area contributed by atoms with Gasteiger partial charge in [-0.2, -0.15) is 0 Å². The Kier molecular flexibility index (Phi) is 4.83. The van der Waals surface area contributed by atoms with Gasteiger partial charge in [-0.3, -0.25) is 14.9 Å². The van der Waals surface area contributed by atoms with E-state index in [2.05, 4.69) is 5.32 Å². The minimum Gasteiger partial charge on any atom is -0.326 e. The first-order chi connectivity index (χ1) is 10.5. The number of hydrogen-bond donors (Lipinski definition) is 1. The Morgan fingerprint density at radius 2 is 1.91 bits per heavy atom. The SMILES string of the molecule is Cc1cc[n+](CCC(=O)Nc2ccc([N+](=O)[O-])c(C)c2)cc1. The smallest absolute Gasteiger partial charge is 0.272 e. The van der Waals surface area contributed by atoms with E-state index in [0.29, 0.717) is 24.2 Å².